The number of aryl methyl sites for hydroxylation is 3. The van der Waals surface area contributed by atoms with E-state index in [1.165, 1.54) is 28.7 Å². The number of thioether (sulfide) groups is 1. The van der Waals surface area contributed by atoms with Gasteiger partial charge in [0.1, 0.15) is 5.82 Å². The summed E-state index contributed by atoms with van der Waals surface area (Å²) in [5, 5.41) is 8.42. The second kappa shape index (κ2) is 8.48. The lowest BCUT2D eigenvalue weighted by Crippen LogP contribution is -2.15. The van der Waals surface area contributed by atoms with Crippen LogP contribution in [0.25, 0.3) is 15.3 Å². The van der Waals surface area contributed by atoms with Gasteiger partial charge in [-0.2, -0.15) is 9.78 Å². The minimum Gasteiger partial charge on any atom is -0.306 e. The van der Waals surface area contributed by atoms with E-state index in [1.54, 1.807) is 27.8 Å². The van der Waals surface area contributed by atoms with Crippen molar-refractivity contribution in [2.45, 2.75) is 44.4 Å². The Kier molecular flexibility index (Phi) is 5.54. The molecule has 0 bridgehead atoms. The summed E-state index contributed by atoms with van der Waals surface area (Å²) in [6, 6.07) is 14.1. The second-order valence-corrected chi connectivity index (χ2v) is 10.1. The molecular weight excluding hydrogens is 424 g/mol. The minimum absolute atomic E-state index is 0.142. The van der Waals surface area contributed by atoms with Gasteiger partial charge in [-0.3, -0.25) is 4.79 Å². The Morgan fingerprint density at radius 1 is 1.16 bits per heavy atom. The van der Waals surface area contributed by atoms with Crippen molar-refractivity contribution in [1.82, 2.24) is 14.8 Å². The minimum atomic E-state index is -0.142. The lowest BCUT2D eigenvalue weighted by atomic mass is 9.92. The highest BCUT2D eigenvalue weighted by Crippen LogP contribution is 2.32. The van der Waals surface area contributed by atoms with Gasteiger partial charge in [0.15, 0.2) is 0 Å². The maximum atomic E-state index is 12.9. The quantitative estimate of drug-likeness (QED) is 0.379. The van der Waals surface area contributed by atoms with Gasteiger partial charge >= 0.3 is 0 Å². The first kappa shape index (κ1) is 20.3. The van der Waals surface area contributed by atoms with Crippen LogP contribution in [0.3, 0.4) is 0 Å². The third kappa shape index (κ3) is 4.12. The van der Waals surface area contributed by atoms with Crippen LogP contribution in [-0.2, 0) is 12.8 Å². The Morgan fingerprint density at radius 3 is 2.77 bits per heavy atom. The molecule has 1 N–H and O–H groups in total. The number of carbonyl (C=O) groups is 1. The van der Waals surface area contributed by atoms with Crippen LogP contribution < -0.4 is 5.32 Å². The van der Waals surface area contributed by atoms with Crippen LogP contribution in [-0.4, -0.2) is 26.4 Å². The lowest BCUT2D eigenvalue weighted by Gasteiger charge is -2.14. The number of nitrogens with zero attached hydrogens (tertiary/aromatic N) is 3. The van der Waals surface area contributed by atoms with E-state index in [0.29, 0.717) is 11.4 Å². The number of thiazole rings is 1. The van der Waals surface area contributed by atoms with Crippen molar-refractivity contribution in [2.75, 3.05) is 11.1 Å². The molecule has 0 unspecified atom stereocenters. The molecule has 7 heteroatoms. The maximum absolute atomic E-state index is 12.9. The molecule has 0 saturated carbocycles. The SMILES string of the molecule is CCSc1cccc(C(=O)Nc2cc(C)nn2-c2nc3cc4c(cc3s2)CCCC4)c1. The average Bonchev–Trinajstić information content (AvgIpc) is 3.34. The fourth-order valence-corrected chi connectivity index (χ4v) is 5.75. The molecule has 5 rings (SSSR count). The summed E-state index contributed by atoms with van der Waals surface area (Å²) in [4.78, 5) is 18.9. The molecule has 2 heterocycles. The van der Waals surface area contributed by atoms with E-state index < -0.39 is 0 Å². The van der Waals surface area contributed by atoms with Crippen molar-refractivity contribution in [2.24, 2.45) is 0 Å². The first-order valence-corrected chi connectivity index (χ1v) is 12.4. The molecule has 0 fully saturated rings. The van der Waals surface area contributed by atoms with E-state index in [1.807, 2.05) is 37.3 Å². The molecule has 158 valence electrons. The van der Waals surface area contributed by atoms with Crippen LogP contribution in [0.15, 0.2) is 47.4 Å². The van der Waals surface area contributed by atoms with Crippen molar-refractivity contribution in [1.29, 1.82) is 0 Å². The molecule has 2 aromatic carbocycles. The van der Waals surface area contributed by atoms with E-state index in [4.69, 9.17) is 4.98 Å². The van der Waals surface area contributed by atoms with E-state index >= 15 is 0 Å². The number of benzene rings is 2. The number of fused-ring (bicyclic) bond motifs is 2. The van der Waals surface area contributed by atoms with Gasteiger partial charge in [0.05, 0.1) is 15.9 Å². The number of carbonyl (C=O) groups excluding carboxylic acids is 1. The molecule has 2 aromatic heterocycles. The van der Waals surface area contributed by atoms with Crippen LogP contribution in [0.5, 0.6) is 0 Å². The monoisotopic (exact) mass is 448 g/mol. The Hall–Kier alpha value is -2.64. The summed E-state index contributed by atoms with van der Waals surface area (Å²) in [6.07, 6.45) is 4.80. The van der Waals surface area contributed by atoms with E-state index in [-0.39, 0.29) is 5.91 Å². The van der Waals surface area contributed by atoms with Crippen molar-refractivity contribution in [3.8, 4) is 5.13 Å². The van der Waals surface area contributed by atoms with Gasteiger partial charge in [-0.05, 0) is 79.8 Å². The summed E-state index contributed by atoms with van der Waals surface area (Å²) in [7, 11) is 0. The molecule has 5 nitrogen and oxygen atoms in total. The molecule has 31 heavy (non-hydrogen) atoms. The molecule has 0 radical (unpaired) electrons. The van der Waals surface area contributed by atoms with E-state index in [0.717, 1.165) is 39.8 Å². The summed E-state index contributed by atoms with van der Waals surface area (Å²) >= 11 is 3.34. The largest absolute Gasteiger partial charge is 0.306 e. The first-order valence-electron chi connectivity index (χ1n) is 10.6. The van der Waals surface area contributed by atoms with Crippen LogP contribution in [0, 0.1) is 6.92 Å². The number of rotatable bonds is 5. The van der Waals surface area contributed by atoms with Crippen LogP contribution in [0.2, 0.25) is 0 Å². The average molecular weight is 449 g/mol. The molecule has 0 aliphatic heterocycles. The zero-order valence-corrected chi connectivity index (χ0v) is 19.3. The van der Waals surface area contributed by atoms with Gasteiger partial charge in [-0.25, -0.2) is 4.98 Å². The molecule has 1 aliphatic rings. The van der Waals surface area contributed by atoms with Gasteiger partial charge < -0.3 is 5.32 Å². The third-order valence-corrected chi connectivity index (χ3v) is 7.37. The highest BCUT2D eigenvalue weighted by molar-refractivity contribution is 7.99. The number of aromatic nitrogens is 3. The van der Waals surface area contributed by atoms with Crippen LogP contribution in [0.4, 0.5) is 5.82 Å². The number of amides is 1. The predicted octanol–water partition coefficient (Wildman–Crippen LogP) is 6.03. The standard InChI is InChI=1S/C24H24N4OS2/c1-3-30-19-10-6-9-18(12-19)23(29)26-22-11-15(2)27-28(22)24-25-20-13-16-7-4-5-8-17(16)14-21(20)31-24/h6,9-14H,3-5,7-8H2,1-2H3,(H,26,29). The number of hydrogen-bond acceptors (Lipinski definition) is 5. The van der Waals surface area contributed by atoms with Crippen LogP contribution in [0.1, 0.15) is 46.9 Å². The Bertz CT molecular complexity index is 1230. The number of anilines is 1. The van der Waals surface area contributed by atoms with Gasteiger partial charge in [-0.15, -0.1) is 11.8 Å². The summed E-state index contributed by atoms with van der Waals surface area (Å²) < 4.78 is 2.92. The van der Waals surface area contributed by atoms with Gasteiger partial charge in [0.2, 0.25) is 5.13 Å². The first-order chi connectivity index (χ1) is 15.1. The molecule has 0 saturated heterocycles. The fourth-order valence-electron chi connectivity index (χ4n) is 4.05. The number of nitrogens with one attached hydrogen (secondary N) is 1. The lowest BCUT2D eigenvalue weighted by molar-refractivity contribution is 0.102. The van der Waals surface area contributed by atoms with Crippen molar-refractivity contribution in [3.05, 3.63) is 64.8 Å². The topological polar surface area (TPSA) is 59.8 Å². The molecule has 0 spiro atoms. The van der Waals surface area contributed by atoms with Crippen molar-refractivity contribution in [3.63, 3.8) is 0 Å². The van der Waals surface area contributed by atoms with Crippen molar-refractivity contribution < 1.29 is 4.79 Å². The van der Waals surface area contributed by atoms with Gasteiger partial charge in [0.25, 0.3) is 5.91 Å². The molecular formula is C24H24N4OS2. The van der Waals surface area contributed by atoms with E-state index in [2.05, 4.69) is 29.5 Å². The molecule has 1 aliphatic carbocycles. The second-order valence-electron chi connectivity index (χ2n) is 7.79. The summed E-state index contributed by atoms with van der Waals surface area (Å²) in [5.41, 5.74) is 5.36. The van der Waals surface area contributed by atoms with E-state index in [9.17, 15) is 4.79 Å². The maximum Gasteiger partial charge on any atom is 0.256 e. The Balaban J connectivity index is 1.46. The highest BCUT2D eigenvalue weighted by atomic mass is 32.2. The summed E-state index contributed by atoms with van der Waals surface area (Å²) in [6.45, 7) is 4.03. The smallest absolute Gasteiger partial charge is 0.256 e. The molecule has 0 atom stereocenters. The fraction of sp³-hybridized carbons (Fsp3) is 0.292. The zero-order valence-electron chi connectivity index (χ0n) is 17.6. The third-order valence-electron chi connectivity index (χ3n) is 5.50. The van der Waals surface area contributed by atoms with Crippen molar-refractivity contribution >= 4 is 45.0 Å². The summed E-state index contributed by atoms with van der Waals surface area (Å²) in [5.74, 6) is 1.47. The Labute approximate surface area is 189 Å². The number of hydrogen-bond donors (Lipinski definition) is 1. The van der Waals surface area contributed by atoms with Gasteiger partial charge in [-0.1, -0.05) is 24.3 Å². The predicted molar refractivity (Wildman–Crippen MR) is 129 cm³/mol. The Morgan fingerprint density at radius 2 is 1.97 bits per heavy atom. The normalized spacial score (nSPS) is 13.4. The molecule has 4 aromatic rings. The highest BCUT2D eigenvalue weighted by Gasteiger charge is 2.18. The van der Waals surface area contributed by atoms with Gasteiger partial charge in [0, 0.05) is 16.5 Å². The molecule has 1 amide bonds. The van der Waals surface area contributed by atoms with Crippen LogP contribution >= 0.6 is 23.1 Å². The zero-order chi connectivity index (χ0) is 21.4.